The number of rotatable bonds is 4. The van der Waals surface area contributed by atoms with Gasteiger partial charge < -0.3 is 10.1 Å². The Hall–Kier alpha value is -1.68. The van der Waals surface area contributed by atoms with Crippen LogP contribution in [-0.2, 0) is 6.42 Å². The number of nitrogens with one attached hydrogen (secondary N) is 1. The van der Waals surface area contributed by atoms with Crippen molar-refractivity contribution in [2.24, 2.45) is 0 Å². The number of aryl methyl sites for hydroxylation is 1. The molecule has 96 valence electrons. The number of likely N-dealkylation sites (N-methyl/N-ethyl adjacent to an activating group) is 1. The highest BCUT2D eigenvalue weighted by Gasteiger charge is 2.10. The maximum absolute atomic E-state index is 5.36. The summed E-state index contributed by atoms with van der Waals surface area (Å²) in [7, 11) is 3.61. The van der Waals surface area contributed by atoms with Gasteiger partial charge in [-0.05, 0) is 27.0 Å². The van der Waals surface area contributed by atoms with Gasteiger partial charge in [-0.1, -0.05) is 12.1 Å². The molecule has 0 aliphatic carbocycles. The molecule has 1 atom stereocenters. The maximum atomic E-state index is 5.36. The maximum Gasteiger partial charge on any atom is 0.145 e. The fraction of sp³-hybridized carbons (Fsp3) is 0.429. The summed E-state index contributed by atoms with van der Waals surface area (Å²) in [5.74, 6) is 1.66. The average molecular weight is 245 g/mol. The Labute approximate surface area is 107 Å². The van der Waals surface area contributed by atoms with Crippen LogP contribution in [0.15, 0.2) is 18.2 Å². The zero-order valence-electron chi connectivity index (χ0n) is 11.3. The Bertz CT molecular complexity index is 554. The Kier molecular flexibility index (Phi) is 3.77. The van der Waals surface area contributed by atoms with E-state index >= 15 is 0 Å². The lowest BCUT2D eigenvalue weighted by Gasteiger charge is -2.12. The van der Waals surface area contributed by atoms with Crippen molar-refractivity contribution in [3.63, 3.8) is 0 Å². The number of fused-ring (bicyclic) bond motifs is 1. The second-order valence-corrected chi connectivity index (χ2v) is 4.48. The van der Waals surface area contributed by atoms with E-state index < -0.39 is 0 Å². The van der Waals surface area contributed by atoms with Crippen LogP contribution in [0.3, 0.4) is 0 Å². The molecule has 18 heavy (non-hydrogen) atoms. The highest BCUT2D eigenvalue weighted by Crippen LogP contribution is 2.25. The number of methoxy groups -OCH3 is 1. The van der Waals surface area contributed by atoms with Crippen molar-refractivity contribution in [2.75, 3.05) is 14.2 Å². The molecule has 2 rings (SSSR count). The molecular weight excluding hydrogens is 226 g/mol. The van der Waals surface area contributed by atoms with E-state index in [0.717, 1.165) is 34.6 Å². The zero-order chi connectivity index (χ0) is 13.1. The smallest absolute Gasteiger partial charge is 0.145 e. The molecule has 1 heterocycles. The standard InChI is InChI=1S/C14H19N3O/c1-9(15-3)8-13-16-10(2)11-6-5-7-12(18-4)14(11)17-13/h5-7,9,15H,8H2,1-4H3. The number of benzene rings is 1. The van der Waals surface area contributed by atoms with E-state index in [4.69, 9.17) is 4.74 Å². The number of para-hydroxylation sites is 1. The number of aromatic nitrogens is 2. The quantitative estimate of drug-likeness (QED) is 0.896. The normalized spacial score (nSPS) is 12.7. The fourth-order valence-corrected chi connectivity index (χ4v) is 1.97. The highest BCUT2D eigenvalue weighted by atomic mass is 16.5. The van der Waals surface area contributed by atoms with Crippen molar-refractivity contribution < 1.29 is 4.74 Å². The first-order valence-corrected chi connectivity index (χ1v) is 6.13. The predicted octanol–water partition coefficient (Wildman–Crippen LogP) is 2.10. The van der Waals surface area contributed by atoms with E-state index in [1.807, 2.05) is 32.2 Å². The SMILES string of the molecule is CNC(C)Cc1nc(C)c2cccc(OC)c2n1. The van der Waals surface area contributed by atoms with Crippen LogP contribution in [0.25, 0.3) is 10.9 Å². The number of ether oxygens (including phenoxy) is 1. The van der Waals surface area contributed by atoms with Crippen molar-refractivity contribution in [1.82, 2.24) is 15.3 Å². The van der Waals surface area contributed by atoms with Gasteiger partial charge in [-0.3, -0.25) is 0 Å². The number of nitrogens with zero attached hydrogens (tertiary/aromatic N) is 2. The Morgan fingerprint density at radius 2 is 2.11 bits per heavy atom. The second-order valence-electron chi connectivity index (χ2n) is 4.48. The molecule has 0 aliphatic heterocycles. The van der Waals surface area contributed by atoms with Crippen LogP contribution in [0.5, 0.6) is 5.75 Å². The molecule has 0 spiro atoms. The zero-order valence-corrected chi connectivity index (χ0v) is 11.3. The van der Waals surface area contributed by atoms with E-state index in [0.29, 0.717) is 6.04 Å². The molecule has 4 heteroatoms. The first-order chi connectivity index (χ1) is 8.65. The minimum absolute atomic E-state index is 0.358. The van der Waals surface area contributed by atoms with Crippen LogP contribution < -0.4 is 10.1 Å². The minimum Gasteiger partial charge on any atom is -0.494 e. The molecule has 0 fully saturated rings. The van der Waals surface area contributed by atoms with Crippen LogP contribution in [0, 0.1) is 6.92 Å². The Balaban J connectivity index is 2.52. The van der Waals surface area contributed by atoms with E-state index in [-0.39, 0.29) is 0 Å². The first-order valence-electron chi connectivity index (χ1n) is 6.13. The molecule has 0 bridgehead atoms. The van der Waals surface area contributed by atoms with Gasteiger partial charge in [0.25, 0.3) is 0 Å². The Morgan fingerprint density at radius 3 is 2.78 bits per heavy atom. The van der Waals surface area contributed by atoms with E-state index in [1.54, 1.807) is 7.11 Å². The summed E-state index contributed by atoms with van der Waals surface area (Å²) >= 11 is 0. The van der Waals surface area contributed by atoms with Crippen molar-refractivity contribution in [3.05, 3.63) is 29.7 Å². The van der Waals surface area contributed by atoms with Crippen LogP contribution in [-0.4, -0.2) is 30.2 Å². The summed E-state index contributed by atoms with van der Waals surface area (Å²) in [5, 5.41) is 4.25. The van der Waals surface area contributed by atoms with Crippen LogP contribution >= 0.6 is 0 Å². The summed E-state index contributed by atoms with van der Waals surface area (Å²) in [6.45, 7) is 4.13. The van der Waals surface area contributed by atoms with Gasteiger partial charge in [-0.15, -0.1) is 0 Å². The molecule has 4 nitrogen and oxygen atoms in total. The molecule has 1 aromatic heterocycles. The third-order valence-electron chi connectivity index (χ3n) is 3.13. The molecule has 1 aromatic carbocycles. The van der Waals surface area contributed by atoms with Crippen molar-refractivity contribution in [1.29, 1.82) is 0 Å². The first kappa shape index (κ1) is 12.8. The van der Waals surface area contributed by atoms with Gasteiger partial charge >= 0.3 is 0 Å². The largest absolute Gasteiger partial charge is 0.494 e. The lowest BCUT2D eigenvalue weighted by Crippen LogP contribution is -2.24. The molecule has 2 aromatic rings. The number of hydrogen-bond acceptors (Lipinski definition) is 4. The second kappa shape index (κ2) is 5.31. The van der Waals surface area contributed by atoms with Crippen LogP contribution in [0.4, 0.5) is 0 Å². The van der Waals surface area contributed by atoms with Gasteiger partial charge in [0.15, 0.2) is 0 Å². The lowest BCUT2D eigenvalue weighted by molar-refractivity contribution is 0.418. The average Bonchev–Trinajstić information content (AvgIpc) is 2.38. The lowest BCUT2D eigenvalue weighted by atomic mass is 10.1. The molecule has 0 saturated carbocycles. The van der Waals surface area contributed by atoms with Gasteiger partial charge in [-0.25, -0.2) is 9.97 Å². The summed E-state index contributed by atoms with van der Waals surface area (Å²) in [6, 6.07) is 6.28. The van der Waals surface area contributed by atoms with Gasteiger partial charge in [0.05, 0.1) is 7.11 Å². The molecule has 0 saturated heterocycles. The molecule has 1 unspecified atom stereocenters. The summed E-state index contributed by atoms with van der Waals surface area (Å²) < 4.78 is 5.36. The fourth-order valence-electron chi connectivity index (χ4n) is 1.97. The summed E-state index contributed by atoms with van der Waals surface area (Å²) in [5.41, 5.74) is 1.89. The van der Waals surface area contributed by atoms with E-state index in [2.05, 4.69) is 22.2 Å². The molecule has 1 N–H and O–H groups in total. The van der Waals surface area contributed by atoms with Gasteiger partial charge in [0, 0.05) is 23.5 Å². The summed E-state index contributed by atoms with van der Waals surface area (Å²) in [4.78, 5) is 9.18. The summed E-state index contributed by atoms with van der Waals surface area (Å²) in [6.07, 6.45) is 0.811. The third kappa shape index (κ3) is 2.43. The monoisotopic (exact) mass is 245 g/mol. The van der Waals surface area contributed by atoms with Gasteiger partial charge in [0.2, 0.25) is 0 Å². The van der Waals surface area contributed by atoms with Crippen LogP contribution in [0.1, 0.15) is 18.4 Å². The Morgan fingerprint density at radius 1 is 1.33 bits per heavy atom. The van der Waals surface area contributed by atoms with Gasteiger partial charge in [-0.2, -0.15) is 0 Å². The molecule has 0 aliphatic rings. The molecule has 0 radical (unpaired) electrons. The van der Waals surface area contributed by atoms with Crippen molar-refractivity contribution >= 4 is 10.9 Å². The molecule has 0 amide bonds. The van der Waals surface area contributed by atoms with E-state index in [1.165, 1.54) is 0 Å². The van der Waals surface area contributed by atoms with Crippen molar-refractivity contribution in [2.45, 2.75) is 26.3 Å². The number of hydrogen-bond donors (Lipinski definition) is 1. The molecular formula is C14H19N3O. The highest BCUT2D eigenvalue weighted by molar-refractivity contribution is 5.86. The third-order valence-corrected chi connectivity index (χ3v) is 3.13. The minimum atomic E-state index is 0.358. The van der Waals surface area contributed by atoms with Gasteiger partial charge in [0.1, 0.15) is 17.1 Å². The van der Waals surface area contributed by atoms with Crippen molar-refractivity contribution in [3.8, 4) is 5.75 Å². The van der Waals surface area contributed by atoms with E-state index in [9.17, 15) is 0 Å². The van der Waals surface area contributed by atoms with Crippen LogP contribution in [0.2, 0.25) is 0 Å². The topological polar surface area (TPSA) is 47.0 Å². The predicted molar refractivity (Wildman–Crippen MR) is 73.1 cm³/mol.